The molecule has 2 saturated heterocycles. The molecule has 0 unspecified atom stereocenters. The number of amides is 1. The molecule has 2 fully saturated rings. The van der Waals surface area contributed by atoms with E-state index in [2.05, 4.69) is 4.98 Å². The zero-order valence-electron chi connectivity index (χ0n) is 12.6. The molecule has 2 aliphatic heterocycles. The van der Waals surface area contributed by atoms with Crippen LogP contribution in [0.5, 0.6) is 0 Å². The average molecular weight is 299 g/mol. The normalized spacial score (nSPS) is 25.7. The number of likely N-dealkylation sites (tertiary alicyclic amines) is 1. The molecule has 5 nitrogen and oxygen atoms in total. The molecule has 5 heteroatoms. The Balaban J connectivity index is 1.51. The Labute approximate surface area is 129 Å². The fourth-order valence-electron chi connectivity index (χ4n) is 3.55. The highest BCUT2D eigenvalue weighted by atomic mass is 16.5. The van der Waals surface area contributed by atoms with Gasteiger partial charge in [0.25, 0.3) is 0 Å². The van der Waals surface area contributed by atoms with E-state index in [4.69, 9.17) is 9.72 Å². The number of fused-ring (bicyclic) bond motifs is 1. The Bertz CT molecular complexity index is 642. The van der Waals surface area contributed by atoms with Gasteiger partial charge in [-0.2, -0.15) is 0 Å². The number of hydrogen-bond acceptors (Lipinski definition) is 3. The van der Waals surface area contributed by atoms with Crippen LogP contribution in [0.2, 0.25) is 0 Å². The first-order chi connectivity index (χ1) is 10.8. The van der Waals surface area contributed by atoms with Crippen molar-refractivity contribution in [2.24, 2.45) is 5.92 Å². The number of imidazole rings is 1. The summed E-state index contributed by atoms with van der Waals surface area (Å²) in [6.07, 6.45) is 3.00. The smallest absolute Gasteiger partial charge is 0.228 e. The minimum atomic E-state index is 0.0643. The second-order valence-electron chi connectivity index (χ2n) is 6.32. The van der Waals surface area contributed by atoms with Crippen molar-refractivity contribution in [1.82, 2.24) is 14.9 Å². The first kappa shape index (κ1) is 13.8. The van der Waals surface area contributed by atoms with E-state index in [1.165, 1.54) is 0 Å². The molecule has 2 atom stereocenters. The number of rotatable bonds is 2. The van der Waals surface area contributed by atoms with Crippen molar-refractivity contribution >= 4 is 16.9 Å². The molecular weight excluding hydrogens is 278 g/mol. The van der Waals surface area contributed by atoms with E-state index in [1.54, 1.807) is 0 Å². The highest BCUT2D eigenvalue weighted by molar-refractivity contribution is 5.79. The van der Waals surface area contributed by atoms with Gasteiger partial charge in [-0.15, -0.1) is 0 Å². The third-order valence-corrected chi connectivity index (χ3v) is 4.81. The van der Waals surface area contributed by atoms with Crippen LogP contribution in [0.15, 0.2) is 24.3 Å². The Kier molecular flexibility index (Phi) is 3.58. The maximum Gasteiger partial charge on any atom is 0.228 e. The third kappa shape index (κ3) is 2.50. The maximum absolute atomic E-state index is 12.6. The lowest BCUT2D eigenvalue weighted by Crippen LogP contribution is -2.42. The van der Waals surface area contributed by atoms with Gasteiger partial charge in [0.1, 0.15) is 5.82 Å². The van der Waals surface area contributed by atoms with E-state index in [0.29, 0.717) is 12.5 Å². The number of carbonyl (C=O) groups is 1. The van der Waals surface area contributed by atoms with Crippen LogP contribution in [0.1, 0.15) is 31.0 Å². The first-order valence-corrected chi connectivity index (χ1v) is 8.12. The zero-order chi connectivity index (χ0) is 14.9. The monoisotopic (exact) mass is 299 g/mol. The van der Waals surface area contributed by atoms with Crippen molar-refractivity contribution in [3.8, 4) is 0 Å². The van der Waals surface area contributed by atoms with Crippen LogP contribution in [-0.2, 0) is 9.53 Å². The summed E-state index contributed by atoms with van der Waals surface area (Å²) < 4.78 is 5.35. The SMILES string of the molecule is O=C([C@H]1CCOC1)N1CCC[C@@H](c2nc3ccccc3[nH]2)C1. The minimum absolute atomic E-state index is 0.0643. The number of benzene rings is 1. The number of aromatic amines is 1. The summed E-state index contributed by atoms with van der Waals surface area (Å²) in [5, 5.41) is 0. The van der Waals surface area contributed by atoms with Gasteiger partial charge in [0, 0.05) is 25.6 Å². The highest BCUT2D eigenvalue weighted by Crippen LogP contribution is 2.28. The van der Waals surface area contributed by atoms with Crippen LogP contribution in [0.25, 0.3) is 11.0 Å². The number of ether oxygens (including phenoxy) is 1. The lowest BCUT2D eigenvalue weighted by Gasteiger charge is -2.33. The second kappa shape index (κ2) is 5.72. The van der Waals surface area contributed by atoms with Crippen molar-refractivity contribution in [3.05, 3.63) is 30.1 Å². The molecule has 2 aliphatic rings. The molecule has 0 radical (unpaired) electrons. The number of carbonyl (C=O) groups excluding carboxylic acids is 1. The maximum atomic E-state index is 12.6. The molecule has 1 N–H and O–H groups in total. The molecule has 1 amide bonds. The Hall–Kier alpha value is -1.88. The van der Waals surface area contributed by atoms with Gasteiger partial charge in [-0.3, -0.25) is 4.79 Å². The summed E-state index contributed by atoms with van der Waals surface area (Å²) in [7, 11) is 0. The minimum Gasteiger partial charge on any atom is -0.381 e. The fourth-order valence-corrected chi connectivity index (χ4v) is 3.55. The number of para-hydroxylation sites is 2. The molecule has 3 heterocycles. The average Bonchev–Trinajstić information content (AvgIpc) is 3.23. The quantitative estimate of drug-likeness (QED) is 0.925. The van der Waals surface area contributed by atoms with Gasteiger partial charge in [-0.25, -0.2) is 4.98 Å². The van der Waals surface area contributed by atoms with Gasteiger partial charge in [-0.05, 0) is 31.4 Å². The summed E-state index contributed by atoms with van der Waals surface area (Å²) >= 11 is 0. The molecule has 0 spiro atoms. The molecule has 4 rings (SSSR count). The van der Waals surface area contributed by atoms with E-state index >= 15 is 0 Å². The van der Waals surface area contributed by atoms with Crippen molar-refractivity contribution in [3.63, 3.8) is 0 Å². The molecular formula is C17H21N3O2. The van der Waals surface area contributed by atoms with Crippen LogP contribution in [0.4, 0.5) is 0 Å². The predicted octanol–water partition coefficient (Wildman–Crippen LogP) is 2.31. The van der Waals surface area contributed by atoms with E-state index < -0.39 is 0 Å². The van der Waals surface area contributed by atoms with Crippen LogP contribution >= 0.6 is 0 Å². The van der Waals surface area contributed by atoms with Crippen molar-refractivity contribution in [2.75, 3.05) is 26.3 Å². The molecule has 0 bridgehead atoms. The number of aromatic nitrogens is 2. The summed E-state index contributed by atoms with van der Waals surface area (Å²) in [5.74, 6) is 1.65. The van der Waals surface area contributed by atoms with Crippen LogP contribution in [0.3, 0.4) is 0 Å². The fraction of sp³-hybridized carbons (Fsp3) is 0.529. The van der Waals surface area contributed by atoms with Gasteiger partial charge in [0.15, 0.2) is 0 Å². The van der Waals surface area contributed by atoms with Gasteiger partial charge in [-0.1, -0.05) is 12.1 Å². The molecule has 2 aromatic rings. The first-order valence-electron chi connectivity index (χ1n) is 8.12. The van der Waals surface area contributed by atoms with Crippen LogP contribution in [-0.4, -0.2) is 47.1 Å². The number of piperidine rings is 1. The molecule has 1 aromatic heterocycles. The second-order valence-corrected chi connectivity index (χ2v) is 6.32. The van der Waals surface area contributed by atoms with Crippen molar-refractivity contribution in [1.29, 1.82) is 0 Å². The third-order valence-electron chi connectivity index (χ3n) is 4.81. The van der Waals surface area contributed by atoms with Crippen LogP contribution in [0, 0.1) is 5.92 Å². The summed E-state index contributed by atoms with van der Waals surface area (Å²) in [5.41, 5.74) is 2.08. The topological polar surface area (TPSA) is 58.2 Å². The standard InChI is InChI=1S/C17H21N3O2/c21-17(13-7-9-22-11-13)20-8-3-4-12(10-20)16-18-14-5-1-2-6-15(14)19-16/h1-2,5-6,12-13H,3-4,7-11H2,(H,18,19)/t12-,13+/m1/s1. The zero-order valence-corrected chi connectivity index (χ0v) is 12.6. The Morgan fingerprint density at radius 2 is 2.23 bits per heavy atom. The van der Waals surface area contributed by atoms with Gasteiger partial charge in [0.05, 0.1) is 23.6 Å². The summed E-state index contributed by atoms with van der Waals surface area (Å²) in [6, 6.07) is 8.09. The largest absolute Gasteiger partial charge is 0.381 e. The van der Waals surface area contributed by atoms with Crippen molar-refractivity contribution < 1.29 is 9.53 Å². The molecule has 0 saturated carbocycles. The van der Waals surface area contributed by atoms with Crippen molar-refractivity contribution in [2.45, 2.75) is 25.2 Å². The highest BCUT2D eigenvalue weighted by Gasteiger charge is 2.32. The number of nitrogens with one attached hydrogen (secondary N) is 1. The summed E-state index contributed by atoms with van der Waals surface area (Å²) in [6.45, 7) is 2.95. The van der Waals surface area contributed by atoms with E-state index in [-0.39, 0.29) is 11.8 Å². The lowest BCUT2D eigenvalue weighted by atomic mass is 9.95. The Morgan fingerprint density at radius 3 is 3.05 bits per heavy atom. The number of H-pyrrole nitrogens is 1. The van der Waals surface area contributed by atoms with Gasteiger partial charge < -0.3 is 14.6 Å². The predicted molar refractivity (Wildman–Crippen MR) is 83.6 cm³/mol. The van der Waals surface area contributed by atoms with Gasteiger partial charge in [0.2, 0.25) is 5.91 Å². The van der Waals surface area contributed by atoms with Crippen LogP contribution < -0.4 is 0 Å². The van der Waals surface area contributed by atoms with E-state index in [1.807, 2.05) is 29.2 Å². The molecule has 1 aromatic carbocycles. The molecule has 22 heavy (non-hydrogen) atoms. The molecule has 0 aliphatic carbocycles. The van der Waals surface area contributed by atoms with E-state index in [0.717, 1.165) is 55.8 Å². The van der Waals surface area contributed by atoms with Gasteiger partial charge >= 0.3 is 0 Å². The number of hydrogen-bond donors (Lipinski definition) is 1. The lowest BCUT2D eigenvalue weighted by molar-refractivity contribution is -0.136. The van der Waals surface area contributed by atoms with E-state index in [9.17, 15) is 4.79 Å². The molecule has 116 valence electrons. The Morgan fingerprint density at radius 1 is 1.32 bits per heavy atom. The number of nitrogens with zero attached hydrogens (tertiary/aromatic N) is 2. The summed E-state index contributed by atoms with van der Waals surface area (Å²) in [4.78, 5) is 22.7.